The molecule has 1 heterocycles. The van der Waals surface area contributed by atoms with E-state index in [1.807, 2.05) is 31.3 Å². The van der Waals surface area contributed by atoms with Crippen molar-refractivity contribution >= 4 is 17.3 Å². The van der Waals surface area contributed by atoms with Gasteiger partial charge >= 0.3 is 0 Å². The molecule has 2 N–H and O–H groups in total. The Morgan fingerprint density at radius 2 is 1.47 bits per heavy atom. The molecule has 5 heteroatoms. The molecule has 4 aromatic rings. The van der Waals surface area contributed by atoms with E-state index in [1.54, 1.807) is 14.2 Å². The molecule has 4 aromatic carbocycles. The molecule has 0 atom stereocenters. The van der Waals surface area contributed by atoms with Crippen LogP contribution in [-0.4, -0.2) is 28.1 Å². The molecule has 36 heavy (non-hydrogen) atoms. The van der Waals surface area contributed by atoms with Gasteiger partial charge in [0.2, 0.25) is 6.79 Å². The molecule has 0 saturated carbocycles. The maximum absolute atomic E-state index is 5.80. The van der Waals surface area contributed by atoms with Crippen LogP contribution < -0.4 is 24.3 Å². The van der Waals surface area contributed by atoms with Crippen molar-refractivity contribution in [1.82, 2.24) is 0 Å². The second-order valence-corrected chi connectivity index (χ2v) is 8.65. The predicted octanol–water partition coefficient (Wildman–Crippen LogP) is 6.15. The number of ether oxygens (including phenoxy) is 4. The van der Waals surface area contributed by atoms with Gasteiger partial charge in [-0.1, -0.05) is 54.6 Å². The summed E-state index contributed by atoms with van der Waals surface area (Å²) in [7, 11) is 5.38. The number of hydrogen-bond donors (Lipinski definition) is 1. The summed E-state index contributed by atoms with van der Waals surface area (Å²) in [5, 5.41) is 2.08. The summed E-state index contributed by atoms with van der Waals surface area (Å²) in [6, 6.07) is 27.1. The monoisotopic (exact) mass is 480 g/mol. The predicted molar refractivity (Wildman–Crippen MR) is 144 cm³/mol. The molecule has 0 fully saturated rings. The van der Waals surface area contributed by atoms with Gasteiger partial charge < -0.3 is 24.3 Å². The number of quaternary nitrogens is 1. The fourth-order valence-electron chi connectivity index (χ4n) is 4.54. The van der Waals surface area contributed by atoms with Crippen LogP contribution in [0.15, 0.2) is 78.9 Å². The molecule has 182 valence electrons. The van der Waals surface area contributed by atoms with E-state index < -0.39 is 0 Å². The number of nitrogens with two attached hydrogens (primary N) is 1. The van der Waals surface area contributed by atoms with E-state index in [2.05, 4.69) is 72.9 Å². The van der Waals surface area contributed by atoms with Crippen molar-refractivity contribution in [1.29, 1.82) is 0 Å². The van der Waals surface area contributed by atoms with Crippen LogP contribution in [0.4, 0.5) is 5.69 Å². The largest absolute Gasteiger partial charge is 0.493 e. The Balaban J connectivity index is 1.57. The summed E-state index contributed by atoms with van der Waals surface area (Å²) in [6.45, 7) is 2.36. The zero-order chi connectivity index (χ0) is 25.1. The SMILES string of the molecule is C[NH2+]c1cc2c(cc1/C=C(\C)c1cc(OC)c(OC)c(-c3ccc(-c4ccccc4)cc3)c1)OCO2. The first-order chi connectivity index (χ1) is 17.6. The molecule has 5 nitrogen and oxygen atoms in total. The number of rotatable bonds is 7. The van der Waals surface area contributed by atoms with Crippen molar-refractivity contribution in [3.8, 4) is 45.3 Å². The fraction of sp³-hybridized carbons (Fsp3) is 0.161. The van der Waals surface area contributed by atoms with Gasteiger partial charge in [-0.3, -0.25) is 0 Å². The minimum Gasteiger partial charge on any atom is -0.493 e. The van der Waals surface area contributed by atoms with Gasteiger partial charge in [-0.25, -0.2) is 0 Å². The smallest absolute Gasteiger partial charge is 0.231 e. The van der Waals surface area contributed by atoms with Gasteiger partial charge in [-0.15, -0.1) is 0 Å². The van der Waals surface area contributed by atoms with Crippen LogP contribution in [0.5, 0.6) is 23.0 Å². The van der Waals surface area contributed by atoms with Gasteiger partial charge in [0.1, 0.15) is 5.69 Å². The van der Waals surface area contributed by atoms with Crippen molar-refractivity contribution in [2.45, 2.75) is 6.92 Å². The summed E-state index contributed by atoms with van der Waals surface area (Å²) >= 11 is 0. The Kier molecular flexibility index (Phi) is 6.65. The molecule has 0 unspecified atom stereocenters. The molecule has 0 aliphatic carbocycles. The maximum Gasteiger partial charge on any atom is 0.231 e. The fourth-order valence-corrected chi connectivity index (χ4v) is 4.54. The van der Waals surface area contributed by atoms with Crippen molar-refractivity contribution in [2.75, 3.05) is 28.1 Å². The molecule has 0 amide bonds. The van der Waals surface area contributed by atoms with Gasteiger partial charge in [-0.05, 0) is 59.0 Å². The Morgan fingerprint density at radius 1 is 0.806 bits per heavy atom. The van der Waals surface area contributed by atoms with Crippen LogP contribution in [-0.2, 0) is 0 Å². The van der Waals surface area contributed by atoms with E-state index in [4.69, 9.17) is 18.9 Å². The summed E-state index contributed by atoms with van der Waals surface area (Å²) < 4.78 is 22.7. The van der Waals surface area contributed by atoms with Crippen molar-refractivity contribution < 1.29 is 24.3 Å². The highest BCUT2D eigenvalue weighted by Gasteiger charge is 2.19. The maximum atomic E-state index is 5.80. The molecule has 0 spiro atoms. The first kappa shape index (κ1) is 23.5. The van der Waals surface area contributed by atoms with E-state index in [-0.39, 0.29) is 6.79 Å². The van der Waals surface area contributed by atoms with E-state index in [0.717, 1.165) is 45.0 Å². The van der Waals surface area contributed by atoms with Gasteiger partial charge in [-0.2, -0.15) is 0 Å². The molecule has 0 bridgehead atoms. The van der Waals surface area contributed by atoms with E-state index in [0.29, 0.717) is 11.5 Å². The summed E-state index contributed by atoms with van der Waals surface area (Å²) in [5.74, 6) is 2.96. The molecular formula is C31H30NO4+. The standard InChI is InChI=1S/C31H29NO4/c1-20(14-25-17-28-29(36-19-35-28)18-27(25)32-2)24-15-26(31(34-4)30(16-24)33-3)23-12-10-22(11-13-23)21-8-6-5-7-9-21/h5-18,32H,19H2,1-4H3/p+1/b20-14+. The third-order valence-corrected chi connectivity index (χ3v) is 6.50. The molecule has 5 rings (SSSR count). The second-order valence-electron chi connectivity index (χ2n) is 8.65. The van der Waals surface area contributed by atoms with Crippen LogP contribution in [0.2, 0.25) is 0 Å². The van der Waals surface area contributed by atoms with Gasteiger partial charge in [0.15, 0.2) is 23.0 Å². The molecular weight excluding hydrogens is 450 g/mol. The van der Waals surface area contributed by atoms with Crippen LogP contribution in [0, 0.1) is 0 Å². The number of hydrogen-bond acceptors (Lipinski definition) is 4. The average Bonchev–Trinajstić information content (AvgIpc) is 3.39. The lowest BCUT2D eigenvalue weighted by Crippen LogP contribution is -2.73. The topological polar surface area (TPSA) is 53.5 Å². The zero-order valence-electron chi connectivity index (χ0n) is 21.0. The van der Waals surface area contributed by atoms with E-state index in [1.165, 1.54) is 11.1 Å². The molecule has 0 saturated heterocycles. The van der Waals surface area contributed by atoms with Crippen LogP contribution in [0.25, 0.3) is 33.9 Å². The zero-order valence-corrected chi connectivity index (χ0v) is 21.0. The Labute approximate surface area is 211 Å². The summed E-state index contributed by atoms with van der Waals surface area (Å²) in [4.78, 5) is 0. The minimum atomic E-state index is 0.257. The third kappa shape index (κ3) is 4.53. The number of benzene rings is 4. The van der Waals surface area contributed by atoms with Crippen LogP contribution in [0.3, 0.4) is 0 Å². The number of methoxy groups -OCH3 is 2. The highest BCUT2D eigenvalue weighted by Crippen LogP contribution is 2.42. The van der Waals surface area contributed by atoms with E-state index in [9.17, 15) is 0 Å². The lowest BCUT2D eigenvalue weighted by Gasteiger charge is -2.16. The highest BCUT2D eigenvalue weighted by molar-refractivity contribution is 5.88. The molecule has 0 aromatic heterocycles. The normalized spacial score (nSPS) is 12.5. The molecule has 1 aliphatic heterocycles. The van der Waals surface area contributed by atoms with Crippen LogP contribution in [0.1, 0.15) is 18.1 Å². The Hall–Kier alpha value is -4.22. The van der Waals surface area contributed by atoms with Gasteiger partial charge in [0.05, 0.1) is 21.3 Å². The third-order valence-electron chi connectivity index (χ3n) is 6.50. The minimum absolute atomic E-state index is 0.257. The lowest BCUT2D eigenvalue weighted by molar-refractivity contribution is -0.539. The first-order valence-electron chi connectivity index (χ1n) is 11.9. The quantitative estimate of drug-likeness (QED) is 0.255. The number of allylic oxidation sites excluding steroid dienone is 1. The Bertz CT molecular complexity index is 1410. The first-order valence-corrected chi connectivity index (χ1v) is 11.9. The average molecular weight is 481 g/mol. The van der Waals surface area contributed by atoms with Crippen LogP contribution >= 0.6 is 0 Å². The molecule has 0 radical (unpaired) electrons. The lowest BCUT2D eigenvalue weighted by atomic mass is 9.95. The second kappa shape index (κ2) is 10.2. The summed E-state index contributed by atoms with van der Waals surface area (Å²) in [6.07, 6.45) is 2.17. The summed E-state index contributed by atoms with van der Waals surface area (Å²) in [5.41, 5.74) is 8.71. The van der Waals surface area contributed by atoms with Crippen molar-refractivity contribution in [3.05, 3.63) is 90.0 Å². The molecule has 1 aliphatic rings. The van der Waals surface area contributed by atoms with Gasteiger partial charge in [0, 0.05) is 17.2 Å². The Morgan fingerprint density at radius 3 is 2.14 bits per heavy atom. The number of fused-ring (bicyclic) bond motifs is 1. The highest BCUT2D eigenvalue weighted by atomic mass is 16.7. The van der Waals surface area contributed by atoms with Crippen molar-refractivity contribution in [2.24, 2.45) is 0 Å². The van der Waals surface area contributed by atoms with E-state index >= 15 is 0 Å². The van der Waals surface area contributed by atoms with Crippen molar-refractivity contribution in [3.63, 3.8) is 0 Å². The van der Waals surface area contributed by atoms with Gasteiger partial charge in [0.25, 0.3) is 0 Å².